The number of ether oxygens (including phenoxy) is 1. The molecule has 0 spiro atoms. The van der Waals surface area contributed by atoms with Crippen LogP contribution in [0.2, 0.25) is 0 Å². The van der Waals surface area contributed by atoms with Crippen LogP contribution in [-0.4, -0.2) is 23.9 Å². The molecule has 5 heteroatoms. The molecule has 0 aromatic rings. The minimum Gasteiger partial charge on any atom is -0.478 e. The van der Waals surface area contributed by atoms with Gasteiger partial charge in [-0.15, -0.1) is 11.8 Å². The highest BCUT2D eigenvalue weighted by atomic mass is 32.2. The molecule has 2 N–H and O–H groups in total. The van der Waals surface area contributed by atoms with Crippen LogP contribution in [-0.2, 0) is 9.53 Å². The molecule has 0 saturated carbocycles. The summed E-state index contributed by atoms with van der Waals surface area (Å²) in [6, 6.07) is 0. The van der Waals surface area contributed by atoms with Gasteiger partial charge in [0.2, 0.25) is 0 Å². The van der Waals surface area contributed by atoms with Gasteiger partial charge in [-0.05, 0) is 39.2 Å². The van der Waals surface area contributed by atoms with Crippen molar-refractivity contribution >= 4 is 17.7 Å². The first kappa shape index (κ1) is 19.1. The molecule has 0 amide bonds. The molecular weight excluding hydrogens is 286 g/mol. The summed E-state index contributed by atoms with van der Waals surface area (Å²) in [5.41, 5.74) is 0.0143. The van der Waals surface area contributed by atoms with Crippen LogP contribution >= 0.6 is 11.8 Å². The molecule has 0 aliphatic heterocycles. The number of aliphatic carboxylic acids is 1. The molecule has 0 radical (unpaired) electrons. The Balaban J connectivity index is 5.38. The maximum atomic E-state index is 10.9. The lowest BCUT2D eigenvalue weighted by Gasteiger charge is -2.13. The van der Waals surface area contributed by atoms with Crippen molar-refractivity contribution in [1.29, 1.82) is 0 Å². The molecule has 0 aliphatic carbocycles. The summed E-state index contributed by atoms with van der Waals surface area (Å²) >= 11 is 1.40. The second-order valence-corrected chi connectivity index (χ2v) is 4.86. The van der Waals surface area contributed by atoms with E-state index >= 15 is 0 Å². The number of thioether (sulfide) groups is 1. The van der Waals surface area contributed by atoms with Crippen molar-refractivity contribution in [1.82, 2.24) is 5.32 Å². The van der Waals surface area contributed by atoms with Gasteiger partial charge in [0.25, 0.3) is 0 Å². The Morgan fingerprint density at radius 1 is 1.48 bits per heavy atom. The predicted molar refractivity (Wildman–Crippen MR) is 89.8 cm³/mol. The number of hydrogen-bond acceptors (Lipinski definition) is 4. The maximum Gasteiger partial charge on any atom is 0.335 e. The van der Waals surface area contributed by atoms with Gasteiger partial charge in [-0.25, -0.2) is 4.79 Å². The minimum atomic E-state index is -1.05. The number of carboxylic acid groups (broad SMARTS) is 1. The molecule has 0 heterocycles. The van der Waals surface area contributed by atoms with Gasteiger partial charge < -0.3 is 15.2 Å². The van der Waals surface area contributed by atoms with E-state index < -0.39 is 5.97 Å². The van der Waals surface area contributed by atoms with E-state index in [9.17, 15) is 4.79 Å². The average molecular weight is 309 g/mol. The van der Waals surface area contributed by atoms with Crippen LogP contribution in [0.25, 0.3) is 0 Å². The topological polar surface area (TPSA) is 58.6 Å². The van der Waals surface area contributed by atoms with Crippen LogP contribution in [0.15, 0.2) is 59.1 Å². The van der Waals surface area contributed by atoms with Gasteiger partial charge in [0, 0.05) is 12.7 Å². The third-order valence-electron chi connectivity index (χ3n) is 2.27. The molecule has 0 unspecified atom stereocenters. The predicted octanol–water partition coefficient (Wildman–Crippen LogP) is 3.82. The summed E-state index contributed by atoms with van der Waals surface area (Å²) in [4.78, 5) is 11.6. The van der Waals surface area contributed by atoms with Crippen LogP contribution in [0.4, 0.5) is 0 Å². The van der Waals surface area contributed by atoms with Crippen LogP contribution < -0.4 is 5.32 Å². The summed E-state index contributed by atoms with van der Waals surface area (Å²) < 4.78 is 5.77. The lowest BCUT2D eigenvalue weighted by Crippen LogP contribution is -2.07. The van der Waals surface area contributed by atoms with Crippen molar-refractivity contribution in [3.8, 4) is 0 Å². The lowest BCUT2D eigenvalue weighted by molar-refractivity contribution is -0.132. The Morgan fingerprint density at radius 3 is 2.62 bits per heavy atom. The lowest BCUT2D eigenvalue weighted by atomic mass is 10.2. The molecule has 0 bridgehead atoms. The highest BCUT2D eigenvalue weighted by Crippen LogP contribution is 2.25. The largest absolute Gasteiger partial charge is 0.478 e. The molecule has 116 valence electrons. The van der Waals surface area contributed by atoms with E-state index in [0.717, 1.165) is 6.54 Å². The fourth-order valence-electron chi connectivity index (χ4n) is 1.24. The Morgan fingerprint density at radius 2 is 2.14 bits per heavy atom. The van der Waals surface area contributed by atoms with Gasteiger partial charge in [0.1, 0.15) is 5.76 Å². The van der Waals surface area contributed by atoms with E-state index in [0.29, 0.717) is 16.4 Å². The monoisotopic (exact) mass is 309 g/mol. The summed E-state index contributed by atoms with van der Waals surface area (Å²) in [5, 5.41) is 12.0. The van der Waals surface area contributed by atoms with E-state index in [4.69, 9.17) is 9.84 Å². The Labute approximate surface area is 131 Å². The van der Waals surface area contributed by atoms with Gasteiger partial charge in [-0.1, -0.05) is 18.7 Å². The molecule has 0 atom stereocenters. The van der Waals surface area contributed by atoms with Crippen molar-refractivity contribution in [2.45, 2.75) is 20.8 Å². The molecule has 0 aliphatic rings. The quantitative estimate of drug-likeness (QED) is 0.385. The van der Waals surface area contributed by atoms with Crippen LogP contribution in [0.3, 0.4) is 0 Å². The van der Waals surface area contributed by atoms with E-state index in [1.807, 2.05) is 45.3 Å². The SMILES string of the molecule is C=C(/C=C(SC)\C(=C\NCC)O/C(C)=C/C=C\C)C(=O)O. The van der Waals surface area contributed by atoms with E-state index in [1.54, 1.807) is 6.20 Å². The Kier molecular flexibility index (Phi) is 9.88. The zero-order valence-corrected chi connectivity index (χ0v) is 13.8. The standard InChI is InChI=1S/C16H23NO3S/c1-6-8-9-13(4)20-14(11-17-7-2)15(21-5)10-12(3)16(18)19/h6,8-11,17H,3,7H2,1-2,4-5H3,(H,18,19)/b8-6-,13-9+,14-11-,15-10+. The molecule has 0 aromatic carbocycles. The van der Waals surface area contributed by atoms with Crippen molar-refractivity contribution in [2.24, 2.45) is 0 Å². The van der Waals surface area contributed by atoms with Gasteiger partial charge in [-0.3, -0.25) is 0 Å². The van der Waals surface area contributed by atoms with Crippen LogP contribution in [0.1, 0.15) is 20.8 Å². The molecular formula is C16H23NO3S. The average Bonchev–Trinajstić information content (AvgIpc) is 2.46. The van der Waals surface area contributed by atoms with E-state index in [1.165, 1.54) is 17.8 Å². The van der Waals surface area contributed by atoms with Crippen LogP contribution in [0, 0.1) is 0 Å². The zero-order valence-electron chi connectivity index (χ0n) is 13.0. The molecule has 0 saturated heterocycles. The smallest absolute Gasteiger partial charge is 0.335 e. The van der Waals surface area contributed by atoms with Gasteiger partial charge in [-0.2, -0.15) is 0 Å². The summed E-state index contributed by atoms with van der Waals surface area (Å²) in [5.74, 6) is 0.216. The van der Waals surface area contributed by atoms with Crippen molar-refractivity contribution < 1.29 is 14.6 Å². The number of carbonyl (C=O) groups is 1. The number of carboxylic acids is 1. The number of rotatable bonds is 9. The van der Waals surface area contributed by atoms with Gasteiger partial charge in [0.05, 0.1) is 10.5 Å². The van der Waals surface area contributed by atoms with Gasteiger partial charge in [0.15, 0.2) is 5.76 Å². The molecule has 4 nitrogen and oxygen atoms in total. The second kappa shape index (κ2) is 10.9. The molecule has 0 fully saturated rings. The van der Waals surface area contributed by atoms with Crippen molar-refractivity contribution in [3.05, 3.63) is 59.1 Å². The number of nitrogens with one attached hydrogen (secondary N) is 1. The van der Waals surface area contributed by atoms with E-state index in [-0.39, 0.29) is 5.57 Å². The number of hydrogen-bond donors (Lipinski definition) is 2. The fraction of sp³-hybridized carbons (Fsp3) is 0.312. The Hall–Kier alpha value is -1.88. The summed E-state index contributed by atoms with van der Waals surface area (Å²) in [7, 11) is 0. The highest BCUT2D eigenvalue weighted by Gasteiger charge is 2.10. The molecule has 0 aromatic heterocycles. The summed E-state index contributed by atoms with van der Waals surface area (Å²) in [6.07, 6.45) is 10.7. The molecule has 21 heavy (non-hydrogen) atoms. The minimum absolute atomic E-state index is 0.0143. The number of allylic oxidation sites excluding steroid dienone is 4. The normalized spacial score (nSPS) is 13.4. The van der Waals surface area contributed by atoms with Crippen LogP contribution in [0.5, 0.6) is 0 Å². The fourth-order valence-corrected chi connectivity index (χ4v) is 1.80. The van der Waals surface area contributed by atoms with Crippen molar-refractivity contribution in [3.63, 3.8) is 0 Å². The second-order valence-electron chi connectivity index (χ2n) is 4.01. The first-order valence-electron chi connectivity index (χ1n) is 6.55. The van der Waals surface area contributed by atoms with E-state index in [2.05, 4.69) is 11.9 Å². The van der Waals surface area contributed by atoms with Gasteiger partial charge >= 0.3 is 5.97 Å². The maximum absolute atomic E-state index is 10.9. The third kappa shape index (κ3) is 8.09. The molecule has 0 rings (SSSR count). The summed E-state index contributed by atoms with van der Waals surface area (Å²) in [6.45, 7) is 9.98. The first-order valence-corrected chi connectivity index (χ1v) is 7.77. The zero-order chi connectivity index (χ0) is 16.3. The third-order valence-corrected chi connectivity index (χ3v) is 3.03. The first-order chi connectivity index (χ1) is 9.96. The highest BCUT2D eigenvalue weighted by molar-refractivity contribution is 8.02. The van der Waals surface area contributed by atoms with Crippen molar-refractivity contribution in [2.75, 3.05) is 12.8 Å². The Bertz CT molecular complexity index is 488.